The third-order valence-corrected chi connectivity index (χ3v) is 2.99. The lowest BCUT2D eigenvalue weighted by atomic mass is 10.1. The number of hydrogen-bond donors (Lipinski definition) is 2. The van der Waals surface area contributed by atoms with Crippen molar-refractivity contribution < 1.29 is 28.6 Å². The van der Waals surface area contributed by atoms with E-state index in [1.807, 2.05) is 6.07 Å². The van der Waals surface area contributed by atoms with Crippen molar-refractivity contribution in [3.63, 3.8) is 0 Å². The number of ether oxygens (including phenoxy) is 2. The van der Waals surface area contributed by atoms with Gasteiger partial charge < -0.3 is 14.6 Å². The van der Waals surface area contributed by atoms with Crippen LogP contribution in [0.3, 0.4) is 0 Å². The van der Waals surface area contributed by atoms with Gasteiger partial charge in [-0.2, -0.15) is 0 Å². The molecular formula is C16H14FNO5. The van der Waals surface area contributed by atoms with Crippen LogP contribution in [0.25, 0.3) is 0 Å². The zero-order chi connectivity index (χ0) is 16.8. The van der Waals surface area contributed by atoms with Crippen LogP contribution in [-0.2, 0) is 11.3 Å². The molecule has 0 radical (unpaired) electrons. The van der Waals surface area contributed by atoms with E-state index in [1.54, 1.807) is 24.3 Å². The predicted octanol–water partition coefficient (Wildman–Crippen LogP) is 3.28. The Balaban J connectivity index is 2.15. The number of benzene rings is 2. The topological polar surface area (TPSA) is 84.9 Å². The fraction of sp³-hybridized carbons (Fsp3) is 0.125. The second-order valence-corrected chi connectivity index (χ2v) is 4.49. The number of nitrogens with one attached hydrogen (secondary N) is 1. The third kappa shape index (κ3) is 3.97. The molecule has 23 heavy (non-hydrogen) atoms. The summed E-state index contributed by atoms with van der Waals surface area (Å²) in [6.07, 6.45) is -0.969. The number of rotatable bonds is 5. The average Bonchev–Trinajstić information content (AvgIpc) is 2.55. The first-order valence-electron chi connectivity index (χ1n) is 6.60. The molecule has 2 aromatic rings. The van der Waals surface area contributed by atoms with Gasteiger partial charge in [0.1, 0.15) is 23.7 Å². The fourth-order valence-corrected chi connectivity index (χ4v) is 1.92. The molecule has 0 bridgehead atoms. The van der Waals surface area contributed by atoms with E-state index in [2.05, 4.69) is 5.32 Å². The van der Waals surface area contributed by atoms with Crippen LogP contribution in [0.2, 0.25) is 0 Å². The van der Waals surface area contributed by atoms with Gasteiger partial charge in [-0.15, -0.1) is 0 Å². The number of carbonyl (C=O) groups is 2. The minimum atomic E-state index is -1.43. The molecule has 2 N–H and O–H groups in total. The van der Waals surface area contributed by atoms with E-state index >= 15 is 0 Å². The molecule has 7 heteroatoms. The van der Waals surface area contributed by atoms with Gasteiger partial charge in [0.15, 0.2) is 0 Å². The molecule has 2 aromatic carbocycles. The highest BCUT2D eigenvalue weighted by Gasteiger charge is 2.22. The summed E-state index contributed by atoms with van der Waals surface area (Å²) < 4.78 is 23.7. The van der Waals surface area contributed by atoms with Crippen LogP contribution in [-0.4, -0.2) is 24.3 Å². The molecule has 0 saturated heterocycles. The molecule has 0 aliphatic heterocycles. The lowest BCUT2D eigenvalue weighted by Gasteiger charge is -2.13. The fourth-order valence-electron chi connectivity index (χ4n) is 1.92. The number of carbonyl (C=O) groups excluding carboxylic acids is 1. The Bertz CT molecular complexity index is 718. The van der Waals surface area contributed by atoms with Crippen molar-refractivity contribution in [2.45, 2.75) is 6.61 Å². The van der Waals surface area contributed by atoms with E-state index in [0.717, 1.165) is 11.6 Å². The first-order valence-corrected chi connectivity index (χ1v) is 6.60. The maximum Gasteiger partial charge on any atom is 0.412 e. The van der Waals surface area contributed by atoms with E-state index in [4.69, 9.17) is 9.47 Å². The molecule has 0 spiro atoms. The molecule has 0 aliphatic carbocycles. The monoisotopic (exact) mass is 319 g/mol. The summed E-state index contributed by atoms with van der Waals surface area (Å²) in [6, 6.07) is 11.0. The molecule has 0 atom stereocenters. The summed E-state index contributed by atoms with van der Waals surface area (Å²) in [5.41, 5.74) is -0.244. The highest BCUT2D eigenvalue weighted by atomic mass is 19.1. The van der Waals surface area contributed by atoms with Crippen LogP contribution in [0, 0.1) is 5.82 Å². The summed E-state index contributed by atoms with van der Waals surface area (Å²) in [7, 11) is 1.25. The van der Waals surface area contributed by atoms with E-state index in [-0.39, 0.29) is 12.4 Å². The third-order valence-electron chi connectivity index (χ3n) is 2.99. The number of carboxylic acids is 1. The van der Waals surface area contributed by atoms with E-state index in [9.17, 15) is 19.1 Å². The SMILES string of the molecule is COc1ccc(F)c(NC(=O)OCc2ccccc2)c1C(=O)O. The average molecular weight is 319 g/mol. The van der Waals surface area contributed by atoms with Crippen LogP contribution in [0.1, 0.15) is 15.9 Å². The summed E-state index contributed by atoms with van der Waals surface area (Å²) >= 11 is 0. The smallest absolute Gasteiger partial charge is 0.412 e. The van der Waals surface area contributed by atoms with Crippen molar-refractivity contribution >= 4 is 17.7 Å². The van der Waals surface area contributed by atoms with Crippen molar-refractivity contribution in [2.75, 3.05) is 12.4 Å². The number of aromatic carboxylic acids is 1. The zero-order valence-corrected chi connectivity index (χ0v) is 12.2. The van der Waals surface area contributed by atoms with Crippen LogP contribution in [0.4, 0.5) is 14.9 Å². The van der Waals surface area contributed by atoms with E-state index in [1.165, 1.54) is 13.2 Å². The van der Waals surface area contributed by atoms with Crippen molar-refractivity contribution in [3.8, 4) is 5.75 Å². The number of methoxy groups -OCH3 is 1. The minimum Gasteiger partial charge on any atom is -0.496 e. The molecule has 2 rings (SSSR count). The lowest BCUT2D eigenvalue weighted by molar-refractivity contribution is 0.0694. The second kappa shape index (κ2) is 7.26. The second-order valence-electron chi connectivity index (χ2n) is 4.49. The van der Waals surface area contributed by atoms with Gasteiger partial charge in [-0.3, -0.25) is 5.32 Å². The normalized spacial score (nSPS) is 10.0. The van der Waals surface area contributed by atoms with Crippen molar-refractivity contribution in [1.29, 1.82) is 0 Å². The Morgan fingerprint density at radius 1 is 1.17 bits per heavy atom. The number of hydrogen-bond acceptors (Lipinski definition) is 4. The highest BCUT2D eigenvalue weighted by molar-refractivity contribution is 6.01. The molecule has 120 valence electrons. The number of carboxylic acid groups (broad SMARTS) is 1. The molecule has 0 unspecified atom stereocenters. The summed E-state index contributed by atoms with van der Waals surface area (Å²) in [4.78, 5) is 23.1. The Hall–Kier alpha value is -3.09. The van der Waals surface area contributed by atoms with Crippen LogP contribution < -0.4 is 10.1 Å². The molecule has 6 nitrogen and oxygen atoms in total. The highest BCUT2D eigenvalue weighted by Crippen LogP contribution is 2.29. The van der Waals surface area contributed by atoms with Gasteiger partial charge in [0.25, 0.3) is 0 Å². The first kappa shape index (κ1) is 16.3. The molecule has 1 amide bonds. The van der Waals surface area contributed by atoms with Crippen molar-refractivity contribution in [1.82, 2.24) is 0 Å². The van der Waals surface area contributed by atoms with Gasteiger partial charge in [-0.25, -0.2) is 14.0 Å². The minimum absolute atomic E-state index is 0.0271. The van der Waals surface area contributed by atoms with Crippen molar-refractivity contribution in [2.24, 2.45) is 0 Å². The van der Waals surface area contributed by atoms with Gasteiger partial charge >= 0.3 is 12.1 Å². The van der Waals surface area contributed by atoms with Gasteiger partial charge in [-0.05, 0) is 17.7 Å². The molecule has 0 aliphatic rings. The number of halogens is 1. The van der Waals surface area contributed by atoms with Crippen LogP contribution in [0.15, 0.2) is 42.5 Å². The van der Waals surface area contributed by atoms with Crippen molar-refractivity contribution in [3.05, 3.63) is 59.4 Å². The Kier molecular flexibility index (Phi) is 5.14. The Labute approximate surface area is 131 Å². The van der Waals surface area contributed by atoms with Gasteiger partial charge in [0.05, 0.1) is 12.8 Å². The Morgan fingerprint density at radius 3 is 2.48 bits per heavy atom. The summed E-state index contributed by atoms with van der Waals surface area (Å²) in [5.74, 6) is -2.41. The number of amides is 1. The van der Waals surface area contributed by atoms with Gasteiger partial charge in [-0.1, -0.05) is 30.3 Å². The summed E-state index contributed by atoms with van der Waals surface area (Å²) in [5, 5.41) is 11.3. The lowest BCUT2D eigenvalue weighted by Crippen LogP contribution is -2.18. The zero-order valence-electron chi connectivity index (χ0n) is 12.2. The maximum absolute atomic E-state index is 13.9. The largest absolute Gasteiger partial charge is 0.496 e. The standard InChI is InChI=1S/C16H14FNO5/c1-22-12-8-7-11(17)14(13(12)15(19)20)18-16(21)23-9-10-5-3-2-4-6-10/h2-8H,9H2,1H3,(H,18,21)(H,19,20). The molecule has 0 saturated carbocycles. The molecule has 0 aromatic heterocycles. The van der Waals surface area contributed by atoms with E-state index < -0.39 is 29.1 Å². The van der Waals surface area contributed by atoms with Gasteiger partial charge in [0, 0.05) is 0 Å². The number of anilines is 1. The summed E-state index contributed by atoms with van der Waals surface area (Å²) in [6.45, 7) is -0.0271. The van der Waals surface area contributed by atoms with Gasteiger partial charge in [0.2, 0.25) is 0 Å². The maximum atomic E-state index is 13.9. The molecule has 0 heterocycles. The van der Waals surface area contributed by atoms with E-state index in [0.29, 0.717) is 0 Å². The Morgan fingerprint density at radius 2 is 1.87 bits per heavy atom. The molecular weight excluding hydrogens is 305 g/mol. The predicted molar refractivity (Wildman–Crippen MR) is 80.2 cm³/mol. The van der Waals surface area contributed by atoms with Crippen LogP contribution >= 0.6 is 0 Å². The van der Waals surface area contributed by atoms with Crippen LogP contribution in [0.5, 0.6) is 5.75 Å². The molecule has 0 fully saturated rings. The quantitative estimate of drug-likeness (QED) is 0.883. The first-order chi connectivity index (χ1) is 11.0.